The highest BCUT2D eigenvalue weighted by Gasteiger charge is 2.25. The molecule has 3 N–H and O–H groups in total. The molecule has 0 saturated carbocycles. The number of amides is 1. The van der Waals surface area contributed by atoms with Gasteiger partial charge in [0, 0.05) is 11.1 Å². The van der Waals surface area contributed by atoms with E-state index in [9.17, 15) is 4.79 Å². The van der Waals surface area contributed by atoms with Crippen LogP contribution in [0.3, 0.4) is 0 Å². The number of benzene rings is 2. The fourth-order valence-corrected chi connectivity index (χ4v) is 3.42. The summed E-state index contributed by atoms with van der Waals surface area (Å²) >= 11 is 12.2. The van der Waals surface area contributed by atoms with Crippen LogP contribution in [0.1, 0.15) is 23.0 Å². The SMILES string of the molecule is CCOc1cccc(-c2c(C(=O)NN=Cc3c(Cl)cccc3Cl)nnn2-c2nonc2N)c1. The summed E-state index contributed by atoms with van der Waals surface area (Å²) in [5, 5.41) is 20.0. The minimum atomic E-state index is -0.646. The van der Waals surface area contributed by atoms with Crippen molar-refractivity contribution in [3.05, 3.63) is 63.8 Å². The predicted molar refractivity (Wildman–Crippen MR) is 122 cm³/mol. The normalized spacial score (nSPS) is 11.1. The molecule has 33 heavy (non-hydrogen) atoms. The molecule has 4 rings (SSSR count). The maximum absolute atomic E-state index is 12.9. The van der Waals surface area contributed by atoms with Gasteiger partial charge in [-0.05, 0) is 41.5 Å². The molecular formula is C20H16Cl2N8O3. The Balaban J connectivity index is 1.72. The first-order chi connectivity index (χ1) is 16.0. The summed E-state index contributed by atoms with van der Waals surface area (Å²) in [4.78, 5) is 12.9. The Hall–Kier alpha value is -3.96. The van der Waals surface area contributed by atoms with Gasteiger partial charge in [-0.1, -0.05) is 46.6 Å². The van der Waals surface area contributed by atoms with Crippen LogP contribution in [0.5, 0.6) is 5.75 Å². The number of nitrogen functional groups attached to an aromatic ring is 1. The maximum atomic E-state index is 12.9. The van der Waals surface area contributed by atoms with Crippen LogP contribution < -0.4 is 15.9 Å². The van der Waals surface area contributed by atoms with E-state index < -0.39 is 5.91 Å². The van der Waals surface area contributed by atoms with Crippen molar-refractivity contribution >= 4 is 41.1 Å². The number of nitrogens with two attached hydrogens (primary N) is 1. The van der Waals surface area contributed by atoms with E-state index in [0.29, 0.717) is 33.5 Å². The Kier molecular flexibility index (Phi) is 6.52. The third kappa shape index (κ3) is 4.64. The molecule has 0 radical (unpaired) electrons. The Morgan fingerprint density at radius 1 is 1.24 bits per heavy atom. The first-order valence-corrected chi connectivity index (χ1v) is 10.3. The number of nitrogens with one attached hydrogen (secondary N) is 1. The van der Waals surface area contributed by atoms with E-state index in [4.69, 9.17) is 33.7 Å². The van der Waals surface area contributed by atoms with Gasteiger partial charge in [-0.25, -0.2) is 10.1 Å². The maximum Gasteiger partial charge on any atom is 0.294 e. The second kappa shape index (κ2) is 9.67. The summed E-state index contributed by atoms with van der Waals surface area (Å²) in [6, 6.07) is 12.0. The molecule has 0 unspecified atom stereocenters. The van der Waals surface area contributed by atoms with E-state index in [2.05, 4.69) is 35.8 Å². The molecule has 4 aromatic rings. The molecule has 0 aliphatic heterocycles. The summed E-state index contributed by atoms with van der Waals surface area (Å²) in [5.41, 5.74) is 9.48. The molecule has 1 amide bonds. The fraction of sp³-hybridized carbons (Fsp3) is 0.100. The first kappa shape index (κ1) is 22.2. The molecule has 11 nitrogen and oxygen atoms in total. The molecule has 0 bridgehead atoms. The van der Waals surface area contributed by atoms with Crippen molar-refractivity contribution in [3.63, 3.8) is 0 Å². The molecule has 2 aromatic carbocycles. The third-order valence-corrected chi connectivity index (χ3v) is 5.02. The zero-order chi connectivity index (χ0) is 23.4. The number of carbonyl (C=O) groups is 1. The number of hydrogen-bond donors (Lipinski definition) is 2. The van der Waals surface area contributed by atoms with E-state index in [1.807, 2.05) is 6.92 Å². The monoisotopic (exact) mass is 486 g/mol. The van der Waals surface area contributed by atoms with Gasteiger partial charge in [0.1, 0.15) is 11.4 Å². The van der Waals surface area contributed by atoms with Crippen LogP contribution in [0.25, 0.3) is 17.1 Å². The largest absolute Gasteiger partial charge is 0.494 e. The average Bonchev–Trinajstić information content (AvgIpc) is 3.42. The molecule has 0 fully saturated rings. The van der Waals surface area contributed by atoms with Crippen molar-refractivity contribution in [2.75, 3.05) is 12.3 Å². The van der Waals surface area contributed by atoms with E-state index >= 15 is 0 Å². The van der Waals surface area contributed by atoms with Gasteiger partial charge < -0.3 is 10.5 Å². The van der Waals surface area contributed by atoms with E-state index in [1.54, 1.807) is 42.5 Å². The molecule has 0 spiro atoms. The molecule has 0 aliphatic carbocycles. The van der Waals surface area contributed by atoms with Crippen LogP contribution in [-0.4, -0.2) is 44.0 Å². The summed E-state index contributed by atoms with van der Waals surface area (Å²) in [7, 11) is 0. The topological polar surface area (TPSA) is 146 Å². The molecular weight excluding hydrogens is 471 g/mol. The third-order valence-electron chi connectivity index (χ3n) is 4.36. The lowest BCUT2D eigenvalue weighted by atomic mass is 10.1. The van der Waals surface area contributed by atoms with Gasteiger partial charge in [0.15, 0.2) is 5.69 Å². The molecule has 0 saturated heterocycles. The Morgan fingerprint density at radius 3 is 2.70 bits per heavy atom. The number of nitrogens with zero attached hydrogens (tertiary/aromatic N) is 6. The minimum Gasteiger partial charge on any atom is -0.494 e. The van der Waals surface area contributed by atoms with Crippen LogP contribution in [0.2, 0.25) is 10.0 Å². The average molecular weight is 487 g/mol. The van der Waals surface area contributed by atoms with Gasteiger partial charge in [0.05, 0.1) is 22.9 Å². The van der Waals surface area contributed by atoms with Crippen molar-refractivity contribution in [3.8, 4) is 22.8 Å². The number of hydrogen-bond acceptors (Lipinski definition) is 9. The van der Waals surface area contributed by atoms with E-state index in [0.717, 1.165) is 0 Å². The van der Waals surface area contributed by atoms with Gasteiger partial charge in [0.25, 0.3) is 5.91 Å². The standard InChI is InChI=1S/C20H16Cl2N8O3/c1-2-32-12-6-3-5-11(9-12)17-16(25-29-30(17)19-18(23)27-33-28-19)20(31)26-24-10-13-14(21)7-4-8-15(13)22/h3-10H,2H2,1H3,(H2,23,27)(H,26,31). The number of rotatable bonds is 7. The number of aromatic nitrogens is 5. The van der Waals surface area contributed by atoms with Crippen molar-refractivity contribution in [2.45, 2.75) is 6.92 Å². The van der Waals surface area contributed by atoms with Crippen LogP contribution >= 0.6 is 23.2 Å². The highest BCUT2D eigenvalue weighted by molar-refractivity contribution is 6.38. The Labute approximate surface area is 197 Å². The number of anilines is 1. The summed E-state index contributed by atoms with van der Waals surface area (Å²) in [6.07, 6.45) is 1.34. The minimum absolute atomic E-state index is 0.0274. The van der Waals surface area contributed by atoms with Crippen molar-refractivity contribution in [2.24, 2.45) is 5.10 Å². The number of ether oxygens (including phenoxy) is 1. The quantitative estimate of drug-likeness (QED) is 0.298. The summed E-state index contributed by atoms with van der Waals surface area (Å²) in [5.74, 6) is -0.00980. The number of halogens is 2. The molecule has 13 heteroatoms. The van der Waals surface area contributed by atoms with Gasteiger partial charge >= 0.3 is 0 Å². The van der Waals surface area contributed by atoms with Crippen molar-refractivity contribution < 1.29 is 14.2 Å². The Bertz CT molecular complexity index is 1310. The highest BCUT2D eigenvalue weighted by atomic mass is 35.5. The second-order valence-corrected chi connectivity index (χ2v) is 7.28. The number of carbonyl (C=O) groups excluding carboxylic acids is 1. The van der Waals surface area contributed by atoms with E-state index in [-0.39, 0.29) is 23.0 Å². The number of hydrazone groups is 1. The highest BCUT2D eigenvalue weighted by Crippen LogP contribution is 2.29. The summed E-state index contributed by atoms with van der Waals surface area (Å²) < 4.78 is 11.5. The molecule has 168 valence electrons. The fourth-order valence-electron chi connectivity index (χ4n) is 2.92. The van der Waals surface area contributed by atoms with Crippen molar-refractivity contribution in [1.29, 1.82) is 0 Å². The zero-order valence-corrected chi connectivity index (χ0v) is 18.6. The first-order valence-electron chi connectivity index (χ1n) is 9.54. The van der Waals surface area contributed by atoms with Crippen LogP contribution in [-0.2, 0) is 0 Å². The van der Waals surface area contributed by atoms with E-state index in [1.165, 1.54) is 10.9 Å². The predicted octanol–water partition coefficient (Wildman–Crippen LogP) is 3.37. The molecule has 2 heterocycles. The lowest BCUT2D eigenvalue weighted by Crippen LogP contribution is -2.19. The molecule has 0 aliphatic rings. The lowest BCUT2D eigenvalue weighted by molar-refractivity contribution is 0.0950. The lowest BCUT2D eigenvalue weighted by Gasteiger charge is -2.08. The van der Waals surface area contributed by atoms with Crippen LogP contribution in [0.4, 0.5) is 5.82 Å². The van der Waals surface area contributed by atoms with Crippen LogP contribution in [0.15, 0.2) is 52.2 Å². The van der Waals surface area contributed by atoms with Gasteiger partial charge in [-0.2, -0.15) is 9.78 Å². The van der Waals surface area contributed by atoms with Gasteiger partial charge in [-0.15, -0.1) is 5.10 Å². The Morgan fingerprint density at radius 2 is 2.00 bits per heavy atom. The summed E-state index contributed by atoms with van der Waals surface area (Å²) in [6.45, 7) is 2.33. The van der Waals surface area contributed by atoms with Gasteiger partial charge in [-0.3, -0.25) is 4.79 Å². The zero-order valence-electron chi connectivity index (χ0n) is 17.1. The van der Waals surface area contributed by atoms with Crippen LogP contribution in [0, 0.1) is 0 Å². The second-order valence-electron chi connectivity index (χ2n) is 6.47. The smallest absolute Gasteiger partial charge is 0.294 e. The van der Waals surface area contributed by atoms with Crippen molar-refractivity contribution in [1.82, 2.24) is 30.7 Å². The molecule has 2 aromatic heterocycles. The van der Waals surface area contributed by atoms with Gasteiger partial charge in [0.2, 0.25) is 11.6 Å². The molecule has 0 atom stereocenters.